The van der Waals surface area contributed by atoms with Gasteiger partial charge in [-0.15, -0.1) is 0 Å². The molecule has 3 rings (SSSR count). The zero-order chi connectivity index (χ0) is 13.2. The predicted molar refractivity (Wildman–Crippen MR) is 71.4 cm³/mol. The molecular weight excluding hydrogens is 242 g/mol. The number of hydrogen-bond donors (Lipinski definition) is 0. The van der Waals surface area contributed by atoms with Crippen molar-refractivity contribution in [3.63, 3.8) is 0 Å². The molecule has 0 N–H and O–H groups in total. The van der Waals surface area contributed by atoms with Gasteiger partial charge < -0.3 is 4.90 Å². The molecule has 0 aliphatic carbocycles. The Morgan fingerprint density at radius 1 is 1.42 bits per heavy atom. The molecule has 5 heteroatoms. The van der Waals surface area contributed by atoms with Crippen molar-refractivity contribution in [3.8, 4) is 0 Å². The molecular formula is C14H19N3O2. The number of rotatable bonds is 2. The minimum absolute atomic E-state index is 0.0140. The summed E-state index contributed by atoms with van der Waals surface area (Å²) in [6.07, 6.45) is 2.73. The average Bonchev–Trinajstić information content (AvgIpc) is 3.08. The molecule has 0 spiro atoms. The van der Waals surface area contributed by atoms with E-state index in [2.05, 4.69) is 16.8 Å². The van der Waals surface area contributed by atoms with E-state index < -0.39 is 0 Å². The number of hydroxylamine groups is 2. The maximum Gasteiger partial charge on any atom is 0.251 e. The Kier molecular flexibility index (Phi) is 3.38. The van der Waals surface area contributed by atoms with E-state index in [1.807, 2.05) is 18.2 Å². The first kappa shape index (κ1) is 12.4. The molecule has 19 heavy (non-hydrogen) atoms. The molecule has 3 heterocycles. The number of carbonyl (C=O) groups excluding carboxylic acids is 1. The van der Waals surface area contributed by atoms with Gasteiger partial charge in [-0.1, -0.05) is 13.0 Å². The van der Waals surface area contributed by atoms with Gasteiger partial charge >= 0.3 is 0 Å². The van der Waals surface area contributed by atoms with Crippen molar-refractivity contribution < 1.29 is 9.63 Å². The third-order valence-corrected chi connectivity index (χ3v) is 3.90. The summed E-state index contributed by atoms with van der Waals surface area (Å²) >= 11 is 0. The van der Waals surface area contributed by atoms with Crippen LogP contribution in [0.2, 0.25) is 0 Å². The molecule has 2 fully saturated rings. The lowest BCUT2D eigenvalue weighted by molar-refractivity contribution is -0.173. The van der Waals surface area contributed by atoms with Crippen LogP contribution >= 0.6 is 0 Å². The van der Waals surface area contributed by atoms with E-state index in [1.165, 1.54) is 0 Å². The molecule has 0 aromatic carbocycles. The molecule has 1 aromatic heterocycles. The minimum atomic E-state index is 0.0140. The van der Waals surface area contributed by atoms with Crippen molar-refractivity contribution in [3.05, 3.63) is 24.4 Å². The second kappa shape index (κ2) is 5.17. The van der Waals surface area contributed by atoms with Crippen molar-refractivity contribution >= 4 is 11.7 Å². The van der Waals surface area contributed by atoms with Crippen molar-refractivity contribution in [1.29, 1.82) is 0 Å². The Morgan fingerprint density at radius 3 is 3.00 bits per heavy atom. The molecule has 0 radical (unpaired) electrons. The topological polar surface area (TPSA) is 45.7 Å². The lowest BCUT2D eigenvalue weighted by Gasteiger charge is -2.20. The van der Waals surface area contributed by atoms with E-state index in [0.717, 1.165) is 31.9 Å². The highest BCUT2D eigenvalue weighted by Crippen LogP contribution is 2.28. The van der Waals surface area contributed by atoms with Crippen LogP contribution in [0.3, 0.4) is 0 Å². The molecule has 0 unspecified atom stereocenters. The normalized spacial score (nSPS) is 27.0. The number of nitrogens with zero attached hydrogens (tertiary/aromatic N) is 3. The predicted octanol–water partition coefficient (Wildman–Crippen LogP) is 1.32. The zero-order valence-corrected chi connectivity index (χ0v) is 11.2. The maximum atomic E-state index is 12.4. The fourth-order valence-electron chi connectivity index (χ4n) is 2.82. The van der Waals surface area contributed by atoms with E-state index in [1.54, 1.807) is 11.3 Å². The Balaban J connectivity index is 1.69. The molecule has 0 bridgehead atoms. The van der Waals surface area contributed by atoms with Gasteiger partial charge in [-0.25, -0.2) is 10.0 Å². The summed E-state index contributed by atoms with van der Waals surface area (Å²) in [5.41, 5.74) is 0. The van der Waals surface area contributed by atoms with Crippen molar-refractivity contribution in [2.75, 3.05) is 31.1 Å². The molecule has 102 valence electrons. The third kappa shape index (κ3) is 2.42. The fourth-order valence-corrected chi connectivity index (χ4v) is 2.82. The fraction of sp³-hybridized carbons (Fsp3) is 0.571. The quantitative estimate of drug-likeness (QED) is 0.805. The van der Waals surface area contributed by atoms with Gasteiger partial charge in [0, 0.05) is 19.3 Å². The smallest absolute Gasteiger partial charge is 0.251 e. The second-order valence-electron chi connectivity index (χ2n) is 5.30. The summed E-state index contributed by atoms with van der Waals surface area (Å²) in [6.45, 7) is 5.13. The molecule has 0 saturated carbocycles. The molecule has 2 saturated heterocycles. The lowest BCUT2D eigenvalue weighted by Crippen LogP contribution is -2.36. The highest BCUT2D eigenvalue weighted by atomic mass is 16.7. The Bertz CT molecular complexity index is 445. The van der Waals surface area contributed by atoms with Crippen LogP contribution in [0.1, 0.15) is 13.3 Å². The highest BCUT2D eigenvalue weighted by Gasteiger charge is 2.38. The van der Waals surface area contributed by atoms with Crippen molar-refractivity contribution in [2.24, 2.45) is 11.8 Å². The largest absolute Gasteiger partial charge is 0.356 e. The van der Waals surface area contributed by atoms with Crippen molar-refractivity contribution in [2.45, 2.75) is 13.3 Å². The second-order valence-corrected chi connectivity index (χ2v) is 5.30. The van der Waals surface area contributed by atoms with Gasteiger partial charge in [0.05, 0.1) is 19.1 Å². The Morgan fingerprint density at radius 2 is 2.32 bits per heavy atom. The number of aromatic nitrogens is 1. The van der Waals surface area contributed by atoms with E-state index in [4.69, 9.17) is 4.84 Å². The highest BCUT2D eigenvalue weighted by molar-refractivity contribution is 5.79. The van der Waals surface area contributed by atoms with Gasteiger partial charge in [0.1, 0.15) is 5.82 Å². The summed E-state index contributed by atoms with van der Waals surface area (Å²) < 4.78 is 0. The summed E-state index contributed by atoms with van der Waals surface area (Å²) in [5, 5.41) is 1.54. The molecule has 2 atom stereocenters. The Labute approximate surface area is 113 Å². The van der Waals surface area contributed by atoms with Crippen LogP contribution in [-0.4, -0.2) is 42.2 Å². The van der Waals surface area contributed by atoms with Gasteiger partial charge in [-0.2, -0.15) is 0 Å². The summed E-state index contributed by atoms with van der Waals surface area (Å²) in [6, 6.07) is 5.88. The molecule has 5 nitrogen and oxygen atoms in total. The van der Waals surface area contributed by atoms with Crippen LogP contribution in [0.5, 0.6) is 0 Å². The van der Waals surface area contributed by atoms with Gasteiger partial charge in [-0.05, 0) is 24.5 Å². The SMILES string of the molecule is C[C@@H]1CN(c2ccccn2)C[C@H]1C(=O)N1CCCO1. The number of hydrogen-bond acceptors (Lipinski definition) is 4. The average molecular weight is 261 g/mol. The monoisotopic (exact) mass is 261 g/mol. The zero-order valence-electron chi connectivity index (χ0n) is 11.2. The van der Waals surface area contributed by atoms with Crippen LogP contribution in [0, 0.1) is 11.8 Å². The van der Waals surface area contributed by atoms with Crippen molar-refractivity contribution in [1.82, 2.24) is 10.0 Å². The third-order valence-electron chi connectivity index (χ3n) is 3.90. The first-order valence-electron chi connectivity index (χ1n) is 6.86. The van der Waals surface area contributed by atoms with Crippen LogP contribution < -0.4 is 4.90 Å². The molecule has 1 aromatic rings. The van der Waals surface area contributed by atoms with Gasteiger partial charge in [-0.3, -0.25) is 9.63 Å². The van der Waals surface area contributed by atoms with E-state index in [-0.39, 0.29) is 11.8 Å². The van der Waals surface area contributed by atoms with Gasteiger partial charge in [0.25, 0.3) is 5.91 Å². The number of pyridine rings is 1. The van der Waals surface area contributed by atoms with E-state index in [0.29, 0.717) is 12.5 Å². The first-order valence-corrected chi connectivity index (χ1v) is 6.86. The number of amides is 1. The maximum absolute atomic E-state index is 12.4. The van der Waals surface area contributed by atoms with Crippen LogP contribution in [0.15, 0.2) is 24.4 Å². The van der Waals surface area contributed by atoms with Crippen LogP contribution in [0.4, 0.5) is 5.82 Å². The van der Waals surface area contributed by atoms with E-state index >= 15 is 0 Å². The van der Waals surface area contributed by atoms with Crippen LogP contribution in [-0.2, 0) is 9.63 Å². The number of anilines is 1. The first-order chi connectivity index (χ1) is 9.25. The standard InChI is InChI=1S/C14H19N3O2/c1-11-9-16(13-5-2-3-6-15-13)10-12(11)14(18)17-7-4-8-19-17/h2-3,5-6,11-12H,4,7-10H2,1H3/t11-,12-/m1/s1. The number of carbonyl (C=O) groups is 1. The lowest BCUT2D eigenvalue weighted by atomic mass is 9.97. The van der Waals surface area contributed by atoms with Crippen LogP contribution in [0.25, 0.3) is 0 Å². The minimum Gasteiger partial charge on any atom is -0.356 e. The molecule has 1 amide bonds. The molecule has 2 aliphatic heterocycles. The summed E-state index contributed by atoms with van der Waals surface area (Å²) in [4.78, 5) is 24.3. The van der Waals surface area contributed by atoms with Gasteiger partial charge in [0.2, 0.25) is 0 Å². The van der Waals surface area contributed by atoms with E-state index in [9.17, 15) is 4.79 Å². The summed E-state index contributed by atoms with van der Waals surface area (Å²) in [5.74, 6) is 1.43. The van der Waals surface area contributed by atoms with Gasteiger partial charge in [0.15, 0.2) is 0 Å². The Hall–Kier alpha value is -1.62. The molecule has 2 aliphatic rings. The summed E-state index contributed by atoms with van der Waals surface area (Å²) in [7, 11) is 0.